The second-order valence-electron chi connectivity index (χ2n) is 5.89. The van der Waals surface area contributed by atoms with Gasteiger partial charge in [-0.15, -0.1) is 0 Å². The van der Waals surface area contributed by atoms with Crippen LogP contribution >= 0.6 is 0 Å². The van der Waals surface area contributed by atoms with E-state index in [1.165, 1.54) is 36.4 Å². The number of ketones is 1. The highest BCUT2D eigenvalue weighted by atomic mass is 19.1. The molecule has 0 fully saturated rings. The first-order valence-electron chi connectivity index (χ1n) is 8.01. The summed E-state index contributed by atoms with van der Waals surface area (Å²) in [7, 11) is 1.16. The van der Waals surface area contributed by atoms with Gasteiger partial charge in [0, 0.05) is 12.1 Å². The van der Waals surface area contributed by atoms with Gasteiger partial charge in [0.15, 0.2) is 0 Å². The maximum Gasteiger partial charge on any atom is 0.335 e. The molecule has 0 aromatic heterocycles. The summed E-state index contributed by atoms with van der Waals surface area (Å²) >= 11 is 0. The predicted octanol–water partition coefficient (Wildman–Crippen LogP) is 2.52. The van der Waals surface area contributed by atoms with Gasteiger partial charge in [0.25, 0.3) is 17.4 Å². The molecular weight excluding hydrogens is 371 g/mol. The zero-order valence-electron chi connectivity index (χ0n) is 14.5. The van der Waals surface area contributed by atoms with Crippen LogP contribution in [0.4, 0.5) is 15.8 Å². The summed E-state index contributed by atoms with van der Waals surface area (Å²) in [5.41, 5.74) is 0.491. The van der Waals surface area contributed by atoms with Crippen LogP contribution in [-0.4, -0.2) is 36.2 Å². The van der Waals surface area contributed by atoms with Crippen LogP contribution < -0.4 is 4.90 Å². The Bertz CT molecular complexity index is 1030. The fourth-order valence-corrected chi connectivity index (χ4v) is 2.79. The van der Waals surface area contributed by atoms with E-state index in [0.29, 0.717) is 5.56 Å². The van der Waals surface area contributed by atoms with Gasteiger partial charge in [0.2, 0.25) is 0 Å². The molecule has 1 heterocycles. The largest absolute Gasteiger partial charge is 0.466 e. The van der Waals surface area contributed by atoms with E-state index in [1.807, 2.05) is 0 Å². The van der Waals surface area contributed by atoms with Gasteiger partial charge < -0.3 is 9.64 Å². The molecule has 0 spiro atoms. The maximum atomic E-state index is 13.4. The third-order valence-corrected chi connectivity index (χ3v) is 4.15. The minimum Gasteiger partial charge on any atom is -0.466 e. The molecule has 2 aromatic rings. The Morgan fingerprint density at radius 2 is 1.89 bits per heavy atom. The van der Waals surface area contributed by atoms with E-state index >= 15 is 0 Å². The molecule has 1 amide bonds. The van der Waals surface area contributed by atoms with Crippen molar-refractivity contribution < 1.29 is 28.4 Å². The van der Waals surface area contributed by atoms with E-state index in [2.05, 4.69) is 0 Å². The highest BCUT2D eigenvalue weighted by molar-refractivity contribution is 6.52. The first kappa shape index (κ1) is 18.9. The Morgan fingerprint density at radius 1 is 1.21 bits per heavy atom. The van der Waals surface area contributed by atoms with Crippen molar-refractivity contribution in [3.8, 4) is 0 Å². The Morgan fingerprint density at radius 3 is 2.50 bits per heavy atom. The molecule has 1 aliphatic heterocycles. The number of fused-ring (bicyclic) bond motifs is 1. The van der Waals surface area contributed by atoms with Gasteiger partial charge in [-0.2, -0.15) is 0 Å². The van der Waals surface area contributed by atoms with Gasteiger partial charge in [-0.05, 0) is 42.0 Å². The van der Waals surface area contributed by atoms with Crippen LogP contribution in [0, 0.1) is 15.9 Å². The number of non-ortho nitro benzene ring substituents is 1. The van der Waals surface area contributed by atoms with Crippen LogP contribution in [0.1, 0.15) is 15.9 Å². The third-order valence-electron chi connectivity index (χ3n) is 4.15. The van der Waals surface area contributed by atoms with Crippen molar-refractivity contribution >= 4 is 35.1 Å². The quantitative estimate of drug-likeness (QED) is 0.258. The minimum absolute atomic E-state index is 0.0367. The fourth-order valence-electron chi connectivity index (χ4n) is 2.79. The lowest BCUT2D eigenvalue weighted by Gasteiger charge is -2.17. The van der Waals surface area contributed by atoms with Gasteiger partial charge in [-0.1, -0.05) is 0 Å². The van der Waals surface area contributed by atoms with E-state index < -0.39 is 28.4 Å². The SMILES string of the molecule is COC(=O)/C(=C/c1ccc([N+](=O)[O-])cc1)CN1C(=O)C(=O)c2cc(F)ccc21. The third kappa shape index (κ3) is 3.50. The molecule has 2 aromatic carbocycles. The zero-order chi connectivity index (χ0) is 20.4. The van der Waals surface area contributed by atoms with Crippen molar-refractivity contribution in [3.05, 3.63) is 75.1 Å². The van der Waals surface area contributed by atoms with Gasteiger partial charge >= 0.3 is 5.97 Å². The molecule has 8 nitrogen and oxygen atoms in total. The number of benzene rings is 2. The number of methoxy groups -OCH3 is 1. The van der Waals surface area contributed by atoms with E-state index in [-0.39, 0.29) is 29.1 Å². The number of hydrogen-bond donors (Lipinski definition) is 0. The smallest absolute Gasteiger partial charge is 0.335 e. The molecule has 9 heteroatoms. The van der Waals surface area contributed by atoms with Crippen LogP contribution in [0.25, 0.3) is 6.08 Å². The number of nitro benzene ring substituents is 1. The molecule has 0 bridgehead atoms. The molecule has 3 rings (SSSR count). The standard InChI is InChI=1S/C19H13FN2O6/c1-28-19(25)12(8-11-2-5-14(6-3-11)22(26)27)10-21-16-7-4-13(20)9-15(16)17(23)18(21)24/h2-9H,10H2,1H3/b12-8+. The number of Topliss-reactive ketones (excluding diaryl/α,β-unsaturated/α-hetero) is 1. The molecule has 0 saturated carbocycles. The monoisotopic (exact) mass is 384 g/mol. The molecule has 0 atom stereocenters. The van der Waals surface area contributed by atoms with Crippen molar-refractivity contribution in [2.45, 2.75) is 0 Å². The zero-order valence-corrected chi connectivity index (χ0v) is 14.5. The Hall–Kier alpha value is -3.88. The summed E-state index contributed by atoms with van der Waals surface area (Å²) in [6, 6.07) is 8.76. The van der Waals surface area contributed by atoms with E-state index in [9.17, 15) is 28.9 Å². The average Bonchev–Trinajstić information content (AvgIpc) is 2.91. The fraction of sp³-hybridized carbons (Fsp3) is 0.105. The minimum atomic E-state index is -0.890. The maximum absolute atomic E-state index is 13.4. The molecular formula is C19H13FN2O6. The number of esters is 1. The molecule has 0 N–H and O–H groups in total. The first-order chi connectivity index (χ1) is 13.3. The number of nitrogens with zero attached hydrogens (tertiary/aromatic N) is 2. The number of nitro groups is 1. The number of ether oxygens (including phenoxy) is 1. The number of anilines is 1. The summed E-state index contributed by atoms with van der Waals surface area (Å²) in [4.78, 5) is 47.8. The second kappa shape index (κ2) is 7.39. The van der Waals surface area contributed by atoms with Crippen LogP contribution in [0.15, 0.2) is 48.0 Å². The van der Waals surface area contributed by atoms with Crippen LogP contribution in [-0.2, 0) is 14.3 Å². The molecule has 0 radical (unpaired) electrons. The number of rotatable bonds is 5. The summed E-state index contributed by atoms with van der Waals surface area (Å²) < 4.78 is 18.1. The first-order valence-corrected chi connectivity index (χ1v) is 8.01. The van der Waals surface area contributed by atoms with Crippen LogP contribution in [0.2, 0.25) is 0 Å². The van der Waals surface area contributed by atoms with Crippen molar-refractivity contribution in [1.82, 2.24) is 0 Å². The molecule has 0 aliphatic carbocycles. The second-order valence-corrected chi connectivity index (χ2v) is 5.89. The predicted molar refractivity (Wildman–Crippen MR) is 96.2 cm³/mol. The molecule has 0 saturated heterocycles. The Kier molecular flexibility index (Phi) is 4.99. The lowest BCUT2D eigenvalue weighted by atomic mass is 10.1. The Balaban J connectivity index is 1.96. The normalized spacial score (nSPS) is 13.5. The van der Waals surface area contributed by atoms with Crippen molar-refractivity contribution in [2.75, 3.05) is 18.6 Å². The van der Waals surface area contributed by atoms with Gasteiger partial charge in [0.1, 0.15) is 5.82 Å². The molecule has 0 unspecified atom stereocenters. The summed E-state index contributed by atoms with van der Waals surface area (Å²) in [5, 5.41) is 10.7. The number of amides is 1. The van der Waals surface area contributed by atoms with E-state index in [0.717, 1.165) is 24.1 Å². The van der Waals surface area contributed by atoms with Gasteiger partial charge in [0.05, 0.1) is 35.4 Å². The number of carbonyl (C=O) groups is 3. The number of halogens is 1. The lowest BCUT2D eigenvalue weighted by Crippen LogP contribution is -2.33. The molecule has 28 heavy (non-hydrogen) atoms. The highest BCUT2D eigenvalue weighted by Crippen LogP contribution is 2.30. The van der Waals surface area contributed by atoms with Crippen LogP contribution in [0.3, 0.4) is 0 Å². The van der Waals surface area contributed by atoms with Crippen molar-refractivity contribution in [1.29, 1.82) is 0 Å². The topological polar surface area (TPSA) is 107 Å². The van der Waals surface area contributed by atoms with Gasteiger partial charge in [-0.3, -0.25) is 19.7 Å². The lowest BCUT2D eigenvalue weighted by molar-refractivity contribution is -0.384. The highest BCUT2D eigenvalue weighted by Gasteiger charge is 2.37. The van der Waals surface area contributed by atoms with Crippen LogP contribution in [0.5, 0.6) is 0 Å². The van der Waals surface area contributed by atoms with Crippen molar-refractivity contribution in [3.63, 3.8) is 0 Å². The molecule has 1 aliphatic rings. The Labute approximate surface area is 158 Å². The van der Waals surface area contributed by atoms with E-state index in [1.54, 1.807) is 0 Å². The average molecular weight is 384 g/mol. The number of hydrogen-bond acceptors (Lipinski definition) is 6. The van der Waals surface area contributed by atoms with E-state index in [4.69, 9.17) is 4.74 Å². The summed E-state index contributed by atoms with van der Waals surface area (Å²) in [6.07, 6.45) is 1.40. The summed E-state index contributed by atoms with van der Waals surface area (Å²) in [6.45, 7) is -0.285. The van der Waals surface area contributed by atoms with Gasteiger partial charge in [-0.25, -0.2) is 9.18 Å². The summed E-state index contributed by atoms with van der Waals surface area (Å²) in [5.74, 6) is -3.15. The van der Waals surface area contributed by atoms with Crippen molar-refractivity contribution in [2.24, 2.45) is 0 Å². The molecule has 142 valence electrons. The number of carbonyl (C=O) groups excluding carboxylic acids is 3.